The molecule has 0 aliphatic carbocycles. The maximum Gasteiger partial charge on any atom is 0.0563 e. The van der Waals surface area contributed by atoms with Crippen molar-refractivity contribution in [1.82, 2.24) is 0 Å². The van der Waals surface area contributed by atoms with Crippen molar-refractivity contribution in [2.75, 3.05) is 0 Å². The van der Waals surface area contributed by atoms with Crippen molar-refractivity contribution in [3.8, 4) is 0 Å². The minimum absolute atomic E-state index is 0.375. The highest BCUT2D eigenvalue weighted by Crippen LogP contribution is 1.98. The van der Waals surface area contributed by atoms with E-state index in [4.69, 9.17) is 0 Å². The summed E-state index contributed by atoms with van der Waals surface area (Å²) in [5.74, 6) is 2.95. The van der Waals surface area contributed by atoms with Crippen LogP contribution in [0, 0.1) is 0 Å². The second-order valence-electron chi connectivity index (χ2n) is 3.07. The molecule has 0 aliphatic rings. The molecule has 0 unspecified atom stereocenters. The molecular formula is C12H15N. The zero-order valence-corrected chi connectivity index (χ0v) is 8.20. The molecule has 0 N–H and O–H groups in total. The molecule has 1 nitrogen and oxygen atoms in total. The lowest BCUT2D eigenvalue weighted by Gasteiger charge is -1.94. The maximum absolute atomic E-state index is 4.23. The fraction of sp³-hybridized carbons (Fsp3) is 0.333. The number of nitrogens with zero attached hydrogens (tertiary/aromatic N) is 1. The van der Waals surface area contributed by atoms with E-state index in [-0.39, 0.29) is 0 Å². The van der Waals surface area contributed by atoms with E-state index in [0.717, 1.165) is 12.0 Å². The van der Waals surface area contributed by atoms with Gasteiger partial charge in [0.25, 0.3) is 0 Å². The van der Waals surface area contributed by atoms with E-state index >= 15 is 0 Å². The Hall–Kier alpha value is -1.33. The summed E-state index contributed by atoms with van der Waals surface area (Å²) in [4.78, 5) is 4.23. The summed E-state index contributed by atoms with van der Waals surface area (Å²) >= 11 is 0. The van der Waals surface area contributed by atoms with Gasteiger partial charge in [-0.15, -0.1) is 0 Å². The number of aliphatic imine (C=N–C) groups is 1. The first kappa shape index (κ1) is 9.76. The molecule has 0 aliphatic heterocycles. The minimum atomic E-state index is 0.375. The van der Waals surface area contributed by atoms with Gasteiger partial charge in [0, 0.05) is 6.08 Å². The third-order valence-electron chi connectivity index (χ3n) is 1.92. The van der Waals surface area contributed by atoms with Gasteiger partial charge < -0.3 is 0 Å². The highest BCUT2D eigenvalue weighted by atomic mass is 14.7. The lowest BCUT2D eigenvalue weighted by molar-refractivity contribution is 0.722. The molecule has 68 valence electrons. The average Bonchev–Trinajstić information content (AvgIpc) is 2.19. The molecule has 0 spiro atoms. The van der Waals surface area contributed by atoms with Crippen molar-refractivity contribution < 1.29 is 0 Å². The van der Waals surface area contributed by atoms with Crippen LogP contribution in [0.15, 0.2) is 35.3 Å². The van der Waals surface area contributed by atoms with Crippen molar-refractivity contribution in [2.24, 2.45) is 4.99 Å². The van der Waals surface area contributed by atoms with Crippen LogP contribution < -0.4 is 0 Å². The van der Waals surface area contributed by atoms with Gasteiger partial charge in [-0.3, -0.25) is 0 Å². The molecule has 13 heavy (non-hydrogen) atoms. The van der Waals surface area contributed by atoms with E-state index in [2.05, 4.69) is 24.7 Å². The van der Waals surface area contributed by atoms with Crippen LogP contribution in [0.1, 0.15) is 25.8 Å². The van der Waals surface area contributed by atoms with Crippen LogP contribution in [0.4, 0.5) is 0 Å². The molecule has 0 saturated heterocycles. The van der Waals surface area contributed by atoms with Crippen molar-refractivity contribution >= 4 is 11.9 Å². The Bertz CT molecular complexity index is 294. The van der Waals surface area contributed by atoms with E-state index in [1.165, 1.54) is 0 Å². The lowest BCUT2D eigenvalue weighted by Crippen LogP contribution is -1.91. The molecule has 0 amide bonds. The maximum atomic E-state index is 4.23. The van der Waals surface area contributed by atoms with Gasteiger partial charge in [0.15, 0.2) is 0 Å². The van der Waals surface area contributed by atoms with Gasteiger partial charge in [0.2, 0.25) is 0 Å². The van der Waals surface area contributed by atoms with Crippen LogP contribution in [0.5, 0.6) is 0 Å². The number of benzene rings is 1. The Morgan fingerprint density at radius 3 is 2.69 bits per heavy atom. The van der Waals surface area contributed by atoms with E-state index < -0.39 is 0 Å². The van der Waals surface area contributed by atoms with Crippen molar-refractivity contribution in [3.63, 3.8) is 0 Å². The van der Waals surface area contributed by atoms with E-state index in [1.54, 1.807) is 0 Å². The Morgan fingerprint density at radius 2 is 2.08 bits per heavy atom. The van der Waals surface area contributed by atoms with Crippen LogP contribution in [-0.4, -0.2) is 11.9 Å². The first-order chi connectivity index (χ1) is 6.33. The van der Waals surface area contributed by atoms with Gasteiger partial charge in [-0.05, 0) is 24.8 Å². The number of hydrogen-bond donors (Lipinski definition) is 0. The minimum Gasteiger partial charge on any atom is -0.240 e. The Labute approximate surface area is 79.8 Å². The molecule has 0 fully saturated rings. The zero-order valence-electron chi connectivity index (χ0n) is 8.20. The zero-order chi connectivity index (χ0) is 9.52. The van der Waals surface area contributed by atoms with Crippen LogP contribution in [0.2, 0.25) is 0 Å². The topological polar surface area (TPSA) is 12.4 Å². The van der Waals surface area contributed by atoms with Crippen molar-refractivity contribution in [2.45, 2.75) is 26.3 Å². The molecule has 0 aromatic heterocycles. The first-order valence-corrected chi connectivity index (χ1v) is 4.66. The molecule has 1 atom stereocenters. The predicted molar refractivity (Wildman–Crippen MR) is 58.1 cm³/mol. The van der Waals surface area contributed by atoms with E-state index in [1.807, 2.05) is 36.4 Å². The molecular weight excluding hydrogens is 158 g/mol. The second kappa shape index (κ2) is 5.34. The summed E-state index contributed by atoms with van der Waals surface area (Å²) in [5.41, 5.74) is 1.15. The fourth-order valence-electron chi connectivity index (χ4n) is 0.880. The van der Waals surface area contributed by atoms with Gasteiger partial charge in [-0.25, -0.2) is 4.99 Å². The number of hydrogen-bond acceptors (Lipinski definition) is 1. The molecule has 1 heteroatoms. The quantitative estimate of drug-likeness (QED) is 0.622. The van der Waals surface area contributed by atoms with E-state index in [0.29, 0.717) is 6.04 Å². The Kier molecular flexibility index (Phi) is 4.01. The fourth-order valence-corrected chi connectivity index (χ4v) is 0.880. The van der Waals surface area contributed by atoms with Gasteiger partial charge in [-0.1, -0.05) is 37.3 Å². The summed E-state index contributed by atoms with van der Waals surface area (Å²) in [6.07, 6.45) is 2.97. The smallest absolute Gasteiger partial charge is 0.0563 e. The second-order valence-corrected chi connectivity index (χ2v) is 3.07. The molecule has 1 rings (SSSR count). The summed E-state index contributed by atoms with van der Waals surface area (Å²) < 4.78 is 0. The van der Waals surface area contributed by atoms with Crippen LogP contribution >= 0.6 is 0 Å². The summed E-state index contributed by atoms with van der Waals surface area (Å²) in [5, 5.41) is 0. The van der Waals surface area contributed by atoms with Gasteiger partial charge in [-0.2, -0.15) is 0 Å². The standard InChI is InChI=1S/C12H15N/c1-3-11(2)13-10-9-12-7-5-4-6-8-12/h4-9,11H,3H2,1-2H3/t11-/m0/s1. The Balaban J connectivity index is 2.63. The van der Waals surface area contributed by atoms with Gasteiger partial charge in [0.05, 0.1) is 6.04 Å². The summed E-state index contributed by atoms with van der Waals surface area (Å²) in [6.45, 7) is 4.21. The largest absolute Gasteiger partial charge is 0.240 e. The van der Waals surface area contributed by atoms with E-state index in [9.17, 15) is 0 Å². The van der Waals surface area contributed by atoms with Crippen LogP contribution in [0.3, 0.4) is 0 Å². The van der Waals surface area contributed by atoms with Crippen molar-refractivity contribution in [3.05, 3.63) is 35.9 Å². The third kappa shape index (κ3) is 3.73. The van der Waals surface area contributed by atoms with Crippen LogP contribution in [0.25, 0.3) is 6.08 Å². The lowest BCUT2D eigenvalue weighted by atomic mass is 10.2. The molecule has 1 aromatic carbocycles. The van der Waals surface area contributed by atoms with Gasteiger partial charge >= 0.3 is 0 Å². The monoisotopic (exact) mass is 173 g/mol. The highest BCUT2D eigenvalue weighted by molar-refractivity contribution is 5.77. The normalized spacial score (nSPS) is 11.5. The highest BCUT2D eigenvalue weighted by Gasteiger charge is 1.88. The first-order valence-electron chi connectivity index (χ1n) is 4.66. The molecule has 0 bridgehead atoms. The average molecular weight is 173 g/mol. The third-order valence-corrected chi connectivity index (χ3v) is 1.92. The summed E-state index contributed by atoms with van der Waals surface area (Å²) in [7, 11) is 0. The predicted octanol–water partition coefficient (Wildman–Crippen LogP) is 3.17. The van der Waals surface area contributed by atoms with Crippen molar-refractivity contribution in [1.29, 1.82) is 0 Å². The summed E-state index contributed by atoms with van der Waals surface area (Å²) in [6, 6.07) is 10.5. The van der Waals surface area contributed by atoms with Crippen LogP contribution in [-0.2, 0) is 0 Å². The Morgan fingerprint density at radius 1 is 1.38 bits per heavy atom. The number of rotatable bonds is 3. The van der Waals surface area contributed by atoms with Gasteiger partial charge in [0.1, 0.15) is 0 Å². The SMILES string of the molecule is CC[C@H](C)N=C=Cc1ccccc1. The molecule has 0 heterocycles. The molecule has 0 radical (unpaired) electrons. The molecule has 0 saturated carbocycles. The molecule has 1 aromatic rings.